The van der Waals surface area contributed by atoms with Gasteiger partial charge in [-0.2, -0.15) is 0 Å². The van der Waals surface area contributed by atoms with E-state index in [1.807, 2.05) is 48.5 Å². The van der Waals surface area contributed by atoms with Crippen LogP contribution in [0.15, 0.2) is 60.7 Å². The lowest BCUT2D eigenvalue weighted by Crippen LogP contribution is -2.45. The van der Waals surface area contributed by atoms with Crippen LogP contribution >= 0.6 is 22.9 Å². The van der Waals surface area contributed by atoms with Crippen molar-refractivity contribution in [3.63, 3.8) is 0 Å². The number of hydrogen-bond acceptors (Lipinski definition) is 7. The maximum absolute atomic E-state index is 14.4. The number of benzene rings is 2. The summed E-state index contributed by atoms with van der Waals surface area (Å²) >= 11 is 7.60. The summed E-state index contributed by atoms with van der Waals surface area (Å²) in [6.07, 6.45) is 10.0. The Hall–Kier alpha value is -3.23. The Kier molecular flexibility index (Phi) is 8.87. The fraction of sp³-hybridized carbons (Fsp3) is 0.471. The Morgan fingerprint density at radius 3 is 2.72 bits per heavy atom. The van der Waals surface area contributed by atoms with Crippen LogP contribution in [0.25, 0.3) is 10.2 Å². The van der Waals surface area contributed by atoms with Crippen LogP contribution in [-0.4, -0.2) is 53.3 Å². The first-order valence-electron chi connectivity index (χ1n) is 15.2. The topological polar surface area (TPSA) is 85.8 Å². The zero-order valence-corrected chi connectivity index (χ0v) is 25.9. The molecule has 7 nitrogen and oxygen atoms in total. The average Bonchev–Trinajstić information content (AvgIpc) is 3.32. The van der Waals surface area contributed by atoms with Crippen LogP contribution in [0.4, 0.5) is 0 Å². The van der Waals surface area contributed by atoms with Crippen molar-refractivity contribution in [1.82, 2.24) is 9.88 Å². The number of nitrogens with zero attached hydrogens (tertiary/aromatic N) is 2. The maximum atomic E-state index is 14.4. The van der Waals surface area contributed by atoms with E-state index in [9.17, 15) is 14.4 Å². The standard InChI is InChI=1S/C34H37ClN2O5S/c1-41-32(40)34-19-24(34)10-6-4-2-3-5-9-23(17-22-13-15-25(35)16-14-22)31(39)37-21-26(18-28(37)29(38)20-34)42-33-36-27-11-7-8-12-30(27)43-33/h6-8,10-16,23-24,26,28H,2-5,9,17-21H2,1H3/b10-6-/t23-,24-,26-,28+,34-/m1/s1. The van der Waals surface area contributed by atoms with Gasteiger partial charge in [-0.05, 0) is 67.9 Å². The number of aromatic nitrogens is 1. The van der Waals surface area contributed by atoms with Gasteiger partial charge in [0.25, 0.3) is 5.19 Å². The molecule has 3 aromatic rings. The van der Waals surface area contributed by atoms with E-state index in [4.69, 9.17) is 21.1 Å². The maximum Gasteiger partial charge on any atom is 0.312 e. The van der Waals surface area contributed by atoms with Gasteiger partial charge in [-0.1, -0.05) is 72.2 Å². The Labute approximate surface area is 261 Å². The Bertz CT molecular complexity index is 1490. The molecule has 3 aliphatic rings. The molecular formula is C34H37ClN2O5S. The van der Waals surface area contributed by atoms with Crippen molar-refractivity contribution in [2.45, 2.75) is 69.9 Å². The molecule has 1 amide bonds. The number of Topliss-reactive ketones (excluding diaryl/α,β-unsaturated/α-hetero) is 1. The van der Waals surface area contributed by atoms with Gasteiger partial charge in [0.1, 0.15) is 6.10 Å². The molecule has 3 heterocycles. The van der Waals surface area contributed by atoms with Crippen molar-refractivity contribution in [2.24, 2.45) is 17.3 Å². The molecule has 1 saturated carbocycles. The molecule has 0 bridgehead atoms. The van der Waals surface area contributed by atoms with E-state index in [0.29, 0.717) is 36.0 Å². The molecule has 43 heavy (non-hydrogen) atoms. The molecule has 226 valence electrons. The molecule has 1 aromatic heterocycles. The fourth-order valence-electron chi connectivity index (χ4n) is 6.75. The number of thiazole rings is 1. The lowest BCUT2D eigenvalue weighted by molar-refractivity contribution is -0.150. The zero-order chi connectivity index (χ0) is 30.0. The Morgan fingerprint density at radius 2 is 1.93 bits per heavy atom. The van der Waals surface area contributed by atoms with Crippen LogP contribution in [0.3, 0.4) is 0 Å². The van der Waals surface area contributed by atoms with Crippen molar-refractivity contribution >= 4 is 50.8 Å². The molecule has 1 saturated heterocycles. The van der Waals surface area contributed by atoms with Crippen molar-refractivity contribution in [3.05, 3.63) is 71.3 Å². The van der Waals surface area contributed by atoms with E-state index in [1.54, 1.807) is 4.90 Å². The van der Waals surface area contributed by atoms with Crippen LogP contribution in [0.1, 0.15) is 56.9 Å². The van der Waals surface area contributed by atoms with Gasteiger partial charge in [-0.25, -0.2) is 4.98 Å². The summed E-state index contributed by atoms with van der Waals surface area (Å²) in [6.45, 7) is 0.302. The van der Waals surface area contributed by atoms with Crippen LogP contribution in [0.2, 0.25) is 5.02 Å². The summed E-state index contributed by atoms with van der Waals surface area (Å²) in [4.78, 5) is 47.8. The van der Waals surface area contributed by atoms with E-state index >= 15 is 0 Å². The van der Waals surface area contributed by atoms with Crippen LogP contribution in [-0.2, 0) is 25.5 Å². The third-order valence-corrected chi connectivity index (χ3v) is 10.4. The third kappa shape index (κ3) is 6.50. The summed E-state index contributed by atoms with van der Waals surface area (Å²) in [5.74, 6) is -0.784. The highest BCUT2D eigenvalue weighted by Gasteiger charge is 2.61. The zero-order valence-electron chi connectivity index (χ0n) is 24.4. The Balaban J connectivity index is 1.29. The van der Waals surface area contributed by atoms with Crippen LogP contribution < -0.4 is 4.74 Å². The van der Waals surface area contributed by atoms with Crippen molar-refractivity contribution in [3.8, 4) is 5.19 Å². The minimum absolute atomic E-state index is 0.0213. The number of allylic oxidation sites excluding steroid dienone is 2. The van der Waals surface area contributed by atoms with Gasteiger partial charge in [0.05, 0.1) is 35.3 Å². The second-order valence-electron chi connectivity index (χ2n) is 12.1. The average molecular weight is 621 g/mol. The predicted octanol–water partition coefficient (Wildman–Crippen LogP) is 6.82. The van der Waals surface area contributed by atoms with Gasteiger partial charge in [0, 0.05) is 23.8 Å². The number of ether oxygens (including phenoxy) is 2. The van der Waals surface area contributed by atoms with Gasteiger partial charge in [0.15, 0.2) is 5.78 Å². The van der Waals surface area contributed by atoms with Crippen molar-refractivity contribution < 1.29 is 23.9 Å². The van der Waals surface area contributed by atoms with Gasteiger partial charge < -0.3 is 14.4 Å². The molecule has 1 aliphatic carbocycles. The number of carbonyl (C=O) groups is 3. The van der Waals surface area contributed by atoms with Crippen LogP contribution in [0, 0.1) is 17.3 Å². The van der Waals surface area contributed by atoms with Gasteiger partial charge in [0.2, 0.25) is 5.91 Å². The number of fused-ring (bicyclic) bond motifs is 3. The number of carbonyl (C=O) groups excluding carboxylic acids is 3. The molecule has 2 aliphatic heterocycles. The molecule has 0 N–H and O–H groups in total. The number of rotatable bonds is 5. The Morgan fingerprint density at radius 1 is 1.12 bits per heavy atom. The summed E-state index contributed by atoms with van der Waals surface area (Å²) in [5, 5.41) is 1.19. The third-order valence-electron chi connectivity index (χ3n) is 9.21. The lowest BCUT2D eigenvalue weighted by Gasteiger charge is -2.29. The predicted molar refractivity (Wildman–Crippen MR) is 167 cm³/mol. The second kappa shape index (κ2) is 12.8. The number of amides is 1. The molecule has 2 fully saturated rings. The van der Waals surface area contributed by atoms with Crippen LogP contribution in [0.5, 0.6) is 5.19 Å². The molecule has 6 rings (SSSR count). The van der Waals surface area contributed by atoms with Crippen molar-refractivity contribution in [2.75, 3.05) is 13.7 Å². The van der Waals surface area contributed by atoms with E-state index < -0.39 is 11.5 Å². The van der Waals surface area contributed by atoms with Gasteiger partial charge in [-0.3, -0.25) is 14.4 Å². The number of hydrogen-bond donors (Lipinski definition) is 0. The number of para-hydroxylation sites is 1. The highest BCUT2D eigenvalue weighted by molar-refractivity contribution is 7.20. The molecule has 0 radical (unpaired) electrons. The highest BCUT2D eigenvalue weighted by Crippen LogP contribution is 2.57. The quantitative estimate of drug-likeness (QED) is 0.230. The first kappa shape index (κ1) is 29.8. The highest BCUT2D eigenvalue weighted by atomic mass is 35.5. The minimum Gasteiger partial charge on any atom is -0.469 e. The smallest absolute Gasteiger partial charge is 0.312 e. The summed E-state index contributed by atoms with van der Waals surface area (Å²) in [5.41, 5.74) is 1.04. The summed E-state index contributed by atoms with van der Waals surface area (Å²) in [7, 11) is 1.38. The SMILES string of the molecule is COC(=O)[C@]12CC(=O)[C@@H]3C[C@@H](Oc4nc5ccccc5s4)CN3C(=O)[C@@H](Cc3ccc(Cl)cc3)CCCCC/C=C\[C@@H]1C2. The normalized spacial score (nSPS) is 28.8. The number of ketones is 1. The molecular weight excluding hydrogens is 584 g/mol. The largest absolute Gasteiger partial charge is 0.469 e. The van der Waals surface area contributed by atoms with Gasteiger partial charge in [-0.15, -0.1) is 0 Å². The van der Waals surface area contributed by atoms with E-state index in [2.05, 4.69) is 17.1 Å². The lowest BCUT2D eigenvalue weighted by atomic mass is 9.90. The van der Waals surface area contributed by atoms with Crippen molar-refractivity contribution in [1.29, 1.82) is 0 Å². The number of esters is 1. The minimum atomic E-state index is -0.855. The summed E-state index contributed by atoms with van der Waals surface area (Å²) in [6, 6.07) is 14.8. The first-order valence-corrected chi connectivity index (χ1v) is 16.4. The number of halogens is 1. The van der Waals surface area contributed by atoms with E-state index in [1.165, 1.54) is 18.4 Å². The monoisotopic (exact) mass is 620 g/mol. The molecule has 5 atom stereocenters. The fourth-order valence-corrected chi connectivity index (χ4v) is 7.75. The number of methoxy groups -OCH3 is 1. The molecule has 0 unspecified atom stereocenters. The van der Waals surface area contributed by atoms with E-state index in [-0.39, 0.29) is 42.0 Å². The van der Waals surface area contributed by atoms with E-state index in [0.717, 1.165) is 47.9 Å². The molecule has 9 heteroatoms. The molecule has 0 spiro atoms. The summed E-state index contributed by atoms with van der Waals surface area (Å²) < 4.78 is 12.5. The molecule has 2 aromatic carbocycles. The van der Waals surface area contributed by atoms with Gasteiger partial charge >= 0.3 is 5.97 Å². The second-order valence-corrected chi connectivity index (χ2v) is 13.6. The first-order chi connectivity index (χ1) is 20.9.